The zero-order valence-electron chi connectivity index (χ0n) is 9.15. The predicted molar refractivity (Wildman–Crippen MR) is 61.0 cm³/mol. The summed E-state index contributed by atoms with van der Waals surface area (Å²) in [5.74, 6) is 0. The molecular formula is C14H21. The molecule has 2 aliphatic rings. The van der Waals surface area contributed by atoms with Crippen molar-refractivity contribution in [3.63, 3.8) is 0 Å². The molecule has 0 heteroatoms. The molecule has 2 aliphatic carbocycles. The van der Waals surface area contributed by atoms with Crippen molar-refractivity contribution in [2.75, 3.05) is 0 Å². The molecule has 1 radical (unpaired) electrons. The van der Waals surface area contributed by atoms with Gasteiger partial charge in [0.2, 0.25) is 0 Å². The van der Waals surface area contributed by atoms with E-state index in [-0.39, 0.29) is 0 Å². The molecule has 14 heavy (non-hydrogen) atoms. The molecular weight excluding hydrogens is 168 g/mol. The van der Waals surface area contributed by atoms with Gasteiger partial charge in [-0.1, -0.05) is 30.1 Å². The van der Waals surface area contributed by atoms with Crippen molar-refractivity contribution in [3.05, 3.63) is 23.3 Å². The largest absolute Gasteiger partial charge is 0.0696 e. The van der Waals surface area contributed by atoms with Gasteiger partial charge in [-0.05, 0) is 57.4 Å². The van der Waals surface area contributed by atoms with Crippen molar-refractivity contribution < 1.29 is 0 Å². The van der Waals surface area contributed by atoms with Crippen LogP contribution in [0.1, 0.15) is 64.2 Å². The number of hydrogen-bond donors (Lipinski definition) is 0. The Labute approximate surface area is 88.1 Å². The minimum Gasteiger partial charge on any atom is -0.0696 e. The molecule has 0 bridgehead atoms. The Hall–Kier alpha value is -0.520. The van der Waals surface area contributed by atoms with Gasteiger partial charge < -0.3 is 0 Å². The summed E-state index contributed by atoms with van der Waals surface area (Å²) in [5.41, 5.74) is 3.23. The Morgan fingerprint density at radius 1 is 0.714 bits per heavy atom. The first-order valence-corrected chi connectivity index (χ1v) is 6.24. The SMILES string of the molecule is [C](C=C1CCCCC1)=C1CCCCC1. The second kappa shape index (κ2) is 5.38. The second-order valence-electron chi connectivity index (χ2n) is 4.67. The van der Waals surface area contributed by atoms with Crippen LogP contribution in [0.4, 0.5) is 0 Å². The molecule has 2 rings (SSSR count). The highest BCUT2D eigenvalue weighted by molar-refractivity contribution is 5.14. The maximum Gasteiger partial charge on any atom is -0.0193 e. The van der Waals surface area contributed by atoms with Crippen LogP contribution in [-0.2, 0) is 0 Å². The van der Waals surface area contributed by atoms with Gasteiger partial charge >= 0.3 is 0 Å². The fraction of sp³-hybridized carbons (Fsp3) is 0.714. The monoisotopic (exact) mass is 189 g/mol. The zero-order valence-corrected chi connectivity index (χ0v) is 9.15. The van der Waals surface area contributed by atoms with Crippen molar-refractivity contribution in [3.8, 4) is 0 Å². The summed E-state index contributed by atoms with van der Waals surface area (Å²) >= 11 is 0. The van der Waals surface area contributed by atoms with Crippen LogP contribution in [0, 0.1) is 6.08 Å². The van der Waals surface area contributed by atoms with Crippen LogP contribution >= 0.6 is 0 Å². The molecule has 0 atom stereocenters. The highest BCUT2D eigenvalue weighted by atomic mass is 14.1. The highest BCUT2D eigenvalue weighted by Crippen LogP contribution is 2.25. The molecule has 0 amide bonds. The Kier molecular flexibility index (Phi) is 3.85. The maximum atomic E-state index is 3.55. The summed E-state index contributed by atoms with van der Waals surface area (Å²) in [5, 5.41) is 0. The van der Waals surface area contributed by atoms with E-state index in [1.807, 2.05) is 0 Å². The lowest BCUT2D eigenvalue weighted by Crippen LogP contribution is -1.95. The molecule has 0 aromatic heterocycles. The molecule has 0 nitrogen and oxygen atoms in total. The lowest BCUT2D eigenvalue weighted by atomic mass is 9.92. The molecule has 77 valence electrons. The van der Waals surface area contributed by atoms with Crippen molar-refractivity contribution in [2.45, 2.75) is 64.2 Å². The minimum absolute atomic E-state index is 1.31. The summed E-state index contributed by atoms with van der Waals surface area (Å²) < 4.78 is 0. The highest BCUT2D eigenvalue weighted by Gasteiger charge is 2.06. The molecule has 0 N–H and O–H groups in total. The first-order chi connectivity index (χ1) is 6.95. The van der Waals surface area contributed by atoms with E-state index >= 15 is 0 Å². The molecule has 0 spiro atoms. The topological polar surface area (TPSA) is 0 Å². The van der Waals surface area contributed by atoms with Crippen molar-refractivity contribution in [1.29, 1.82) is 0 Å². The Morgan fingerprint density at radius 3 is 1.93 bits per heavy atom. The van der Waals surface area contributed by atoms with Gasteiger partial charge in [-0.25, -0.2) is 0 Å². The van der Waals surface area contributed by atoms with Crippen molar-refractivity contribution >= 4 is 0 Å². The number of hydrogen-bond acceptors (Lipinski definition) is 0. The number of allylic oxidation sites excluding steroid dienone is 4. The molecule has 0 saturated heterocycles. The van der Waals surface area contributed by atoms with E-state index in [1.165, 1.54) is 64.2 Å². The van der Waals surface area contributed by atoms with Crippen LogP contribution in [-0.4, -0.2) is 0 Å². The van der Waals surface area contributed by atoms with Gasteiger partial charge in [0.1, 0.15) is 0 Å². The van der Waals surface area contributed by atoms with Gasteiger partial charge in [-0.3, -0.25) is 0 Å². The Balaban J connectivity index is 1.88. The van der Waals surface area contributed by atoms with Gasteiger partial charge in [0.15, 0.2) is 0 Å². The predicted octanol–water partition coefficient (Wildman–Crippen LogP) is 4.57. The molecule has 0 heterocycles. The molecule has 2 saturated carbocycles. The van der Waals surface area contributed by atoms with Crippen LogP contribution in [0.25, 0.3) is 0 Å². The number of rotatable bonds is 1. The summed E-state index contributed by atoms with van der Waals surface area (Å²) in [6.45, 7) is 0. The molecule has 0 unspecified atom stereocenters. The first kappa shape index (κ1) is 10.0. The van der Waals surface area contributed by atoms with Crippen LogP contribution in [0.3, 0.4) is 0 Å². The van der Waals surface area contributed by atoms with Crippen LogP contribution in [0.5, 0.6) is 0 Å². The van der Waals surface area contributed by atoms with Crippen LogP contribution in [0.15, 0.2) is 17.2 Å². The lowest BCUT2D eigenvalue weighted by molar-refractivity contribution is 0.592. The third-order valence-corrected chi connectivity index (χ3v) is 3.43. The fourth-order valence-electron chi connectivity index (χ4n) is 2.48. The first-order valence-electron chi connectivity index (χ1n) is 6.24. The smallest absolute Gasteiger partial charge is 0.0193 e. The normalized spacial score (nSPS) is 23.4. The van der Waals surface area contributed by atoms with Crippen LogP contribution in [0.2, 0.25) is 0 Å². The minimum atomic E-state index is 1.31. The summed E-state index contributed by atoms with van der Waals surface area (Å²) in [6, 6.07) is 0. The van der Waals surface area contributed by atoms with Gasteiger partial charge in [0, 0.05) is 0 Å². The van der Waals surface area contributed by atoms with E-state index in [4.69, 9.17) is 0 Å². The lowest BCUT2D eigenvalue weighted by Gasteiger charge is -2.14. The Bertz CT molecular complexity index is 190. The molecule has 2 fully saturated rings. The third-order valence-electron chi connectivity index (χ3n) is 3.43. The van der Waals surface area contributed by atoms with Crippen LogP contribution < -0.4 is 0 Å². The van der Waals surface area contributed by atoms with Crippen molar-refractivity contribution in [2.24, 2.45) is 0 Å². The van der Waals surface area contributed by atoms with E-state index in [9.17, 15) is 0 Å². The van der Waals surface area contributed by atoms with E-state index in [0.29, 0.717) is 0 Å². The summed E-state index contributed by atoms with van der Waals surface area (Å²) in [7, 11) is 0. The van der Waals surface area contributed by atoms with E-state index in [0.717, 1.165) is 0 Å². The average Bonchev–Trinajstić information content (AvgIpc) is 2.29. The molecule has 0 aromatic carbocycles. The van der Waals surface area contributed by atoms with Gasteiger partial charge in [-0.2, -0.15) is 0 Å². The van der Waals surface area contributed by atoms with E-state index in [1.54, 1.807) is 11.1 Å². The van der Waals surface area contributed by atoms with Gasteiger partial charge in [0.25, 0.3) is 0 Å². The second-order valence-corrected chi connectivity index (χ2v) is 4.67. The van der Waals surface area contributed by atoms with Crippen molar-refractivity contribution in [1.82, 2.24) is 0 Å². The van der Waals surface area contributed by atoms with Gasteiger partial charge in [-0.15, -0.1) is 0 Å². The fourth-order valence-corrected chi connectivity index (χ4v) is 2.48. The van der Waals surface area contributed by atoms with E-state index in [2.05, 4.69) is 12.2 Å². The molecule has 0 aliphatic heterocycles. The van der Waals surface area contributed by atoms with Gasteiger partial charge in [0.05, 0.1) is 0 Å². The standard InChI is InChI=1S/C14H21/c1-3-7-13(8-4-1)11-12-14-9-5-2-6-10-14/h11H,1-10H2. The quantitative estimate of drug-likeness (QED) is 0.567. The van der Waals surface area contributed by atoms with E-state index < -0.39 is 0 Å². The average molecular weight is 189 g/mol. The molecule has 0 aromatic rings. The summed E-state index contributed by atoms with van der Waals surface area (Å²) in [4.78, 5) is 0. The Morgan fingerprint density at radius 2 is 1.29 bits per heavy atom. The third kappa shape index (κ3) is 3.01. The zero-order chi connectivity index (χ0) is 9.64. The summed E-state index contributed by atoms with van der Waals surface area (Å²) in [6.07, 6.45) is 19.6. The maximum absolute atomic E-state index is 3.55.